The van der Waals surface area contributed by atoms with Crippen molar-refractivity contribution in [3.8, 4) is 11.8 Å². The average molecular weight is 296 g/mol. The zero-order valence-corrected chi connectivity index (χ0v) is 10.5. The maximum atomic E-state index is 12.6. The first-order chi connectivity index (χ1) is 9.74. The van der Waals surface area contributed by atoms with Gasteiger partial charge in [-0.15, -0.1) is 5.10 Å². The van der Waals surface area contributed by atoms with Gasteiger partial charge in [-0.25, -0.2) is 14.5 Å². The van der Waals surface area contributed by atoms with Crippen molar-refractivity contribution < 1.29 is 23.1 Å². The number of aromatic nitrogens is 3. The van der Waals surface area contributed by atoms with E-state index in [1.165, 1.54) is 6.92 Å². The van der Waals surface area contributed by atoms with Crippen LogP contribution in [0.3, 0.4) is 0 Å². The molecule has 1 aromatic carbocycles. The van der Waals surface area contributed by atoms with Crippen molar-refractivity contribution >= 4 is 5.97 Å². The van der Waals surface area contributed by atoms with Crippen molar-refractivity contribution in [1.82, 2.24) is 14.8 Å². The Hall–Kier alpha value is -2.89. The molecule has 0 radical (unpaired) electrons. The smallest absolute Gasteiger partial charge is 0.416 e. The Labute approximate surface area is 116 Å². The van der Waals surface area contributed by atoms with E-state index in [9.17, 15) is 18.0 Å². The number of halogens is 3. The number of aromatic carboxylic acids is 1. The van der Waals surface area contributed by atoms with Crippen LogP contribution in [0.25, 0.3) is 5.69 Å². The van der Waals surface area contributed by atoms with Crippen LogP contribution in [0.15, 0.2) is 18.2 Å². The van der Waals surface area contributed by atoms with E-state index in [0.29, 0.717) is 6.07 Å². The molecule has 0 spiro atoms. The van der Waals surface area contributed by atoms with Gasteiger partial charge < -0.3 is 5.11 Å². The van der Waals surface area contributed by atoms with Gasteiger partial charge >= 0.3 is 12.1 Å². The van der Waals surface area contributed by atoms with E-state index >= 15 is 0 Å². The Bertz CT molecular complexity index is 759. The lowest BCUT2D eigenvalue weighted by Crippen LogP contribution is -2.08. The molecule has 0 aliphatic rings. The molecule has 0 saturated heterocycles. The highest BCUT2D eigenvalue weighted by Gasteiger charge is 2.31. The topological polar surface area (TPSA) is 91.8 Å². The number of carbonyl (C=O) groups is 1. The second kappa shape index (κ2) is 4.90. The molecule has 0 bridgehead atoms. The molecule has 0 amide bonds. The Kier molecular flexibility index (Phi) is 3.39. The molecule has 108 valence electrons. The number of nitriles is 1. The van der Waals surface area contributed by atoms with Crippen LogP contribution in [0.4, 0.5) is 13.2 Å². The van der Waals surface area contributed by atoms with Crippen LogP contribution in [0.2, 0.25) is 0 Å². The summed E-state index contributed by atoms with van der Waals surface area (Å²) in [5.74, 6) is -1.73. The summed E-state index contributed by atoms with van der Waals surface area (Å²) >= 11 is 0. The summed E-state index contributed by atoms with van der Waals surface area (Å²) in [7, 11) is 0. The van der Waals surface area contributed by atoms with E-state index in [2.05, 4.69) is 10.1 Å². The number of hydrogen-bond donors (Lipinski definition) is 1. The van der Waals surface area contributed by atoms with E-state index in [0.717, 1.165) is 16.8 Å². The second-order valence-electron chi connectivity index (χ2n) is 4.04. The highest BCUT2D eigenvalue weighted by molar-refractivity contribution is 5.83. The summed E-state index contributed by atoms with van der Waals surface area (Å²) in [6.45, 7) is 1.43. The zero-order valence-electron chi connectivity index (χ0n) is 10.5. The molecule has 1 aromatic heterocycles. The number of carboxylic acid groups (broad SMARTS) is 1. The maximum absolute atomic E-state index is 12.6. The van der Waals surface area contributed by atoms with Crippen molar-refractivity contribution in [2.45, 2.75) is 13.1 Å². The standard InChI is InChI=1S/C12H7F3N4O2/c1-6-17-10(11(20)21)18-19(6)9-3-2-8(12(13,14)15)4-7(9)5-16/h2-4H,1H3,(H,20,21). The largest absolute Gasteiger partial charge is 0.475 e. The van der Waals surface area contributed by atoms with Crippen molar-refractivity contribution in [2.75, 3.05) is 0 Å². The van der Waals surface area contributed by atoms with Gasteiger partial charge in [0.25, 0.3) is 5.82 Å². The number of carboxylic acids is 1. The number of aryl methyl sites for hydroxylation is 1. The van der Waals surface area contributed by atoms with Gasteiger partial charge in [-0.2, -0.15) is 18.4 Å². The van der Waals surface area contributed by atoms with Crippen molar-refractivity contribution in [2.24, 2.45) is 0 Å². The minimum absolute atomic E-state index is 0.0306. The third-order valence-corrected chi connectivity index (χ3v) is 2.63. The van der Waals surface area contributed by atoms with Gasteiger partial charge in [0.05, 0.1) is 16.8 Å². The summed E-state index contributed by atoms with van der Waals surface area (Å²) < 4.78 is 38.8. The Morgan fingerprint density at radius 1 is 1.43 bits per heavy atom. The van der Waals surface area contributed by atoms with Crippen LogP contribution in [-0.2, 0) is 6.18 Å². The molecule has 0 atom stereocenters. The molecule has 21 heavy (non-hydrogen) atoms. The van der Waals surface area contributed by atoms with Gasteiger partial charge in [-0.3, -0.25) is 0 Å². The van der Waals surface area contributed by atoms with Gasteiger partial charge in [0, 0.05) is 0 Å². The Balaban J connectivity index is 2.60. The van der Waals surface area contributed by atoms with Crippen LogP contribution >= 0.6 is 0 Å². The quantitative estimate of drug-likeness (QED) is 0.916. The molecule has 0 aliphatic heterocycles. The fourth-order valence-corrected chi connectivity index (χ4v) is 1.70. The molecule has 1 heterocycles. The fraction of sp³-hybridized carbons (Fsp3) is 0.167. The highest BCUT2D eigenvalue weighted by Crippen LogP contribution is 2.31. The van der Waals surface area contributed by atoms with E-state index < -0.39 is 23.5 Å². The third kappa shape index (κ3) is 2.69. The predicted octanol–water partition coefficient (Wildman–Crippen LogP) is 2.16. The second-order valence-corrected chi connectivity index (χ2v) is 4.04. The molecule has 6 nitrogen and oxygen atoms in total. The van der Waals surface area contributed by atoms with Crippen molar-refractivity contribution in [3.05, 3.63) is 41.0 Å². The van der Waals surface area contributed by atoms with Crippen molar-refractivity contribution in [3.63, 3.8) is 0 Å². The minimum atomic E-state index is -4.58. The molecule has 9 heteroatoms. The lowest BCUT2D eigenvalue weighted by atomic mass is 10.1. The highest BCUT2D eigenvalue weighted by atomic mass is 19.4. The normalized spacial score (nSPS) is 11.2. The fourth-order valence-electron chi connectivity index (χ4n) is 1.70. The SMILES string of the molecule is Cc1nc(C(=O)O)nn1-c1ccc(C(F)(F)F)cc1C#N. The van der Waals surface area contributed by atoms with E-state index in [4.69, 9.17) is 10.4 Å². The summed E-state index contributed by atoms with van der Waals surface area (Å²) in [5.41, 5.74) is -1.23. The lowest BCUT2D eigenvalue weighted by molar-refractivity contribution is -0.137. The molecule has 0 aliphatic carbocycles. The molecule has 0 unspecified atom stereocenters. The molecule has 0 saturated carbocycles. The Morgan fingerprint density at radius 2 is 2.10 bits per heavy atom. The summed E-state index contributed by atoms with van der Waals surface area (Å²) in [6.07, 6.45) is -4.58. The number of hydrogen-bond acceptors (Lipinski definition) is 4. The van der Waals surface area contributed by atoms with Crippen LogP contribution in [0, 0.1) is 18.3 Å². The zero-order chi connectivity index (χ0) is 15.8. The third-order valence-electron chi connectivity index (χ3n) is 2.63. The molecular weight excluding hydrogens is 289 g/mol. The summed E-state index contributed by atoms with van der Waals surface area (Å²) in [5, 5.41) is 21.4. The number of nitrogens with zero attached hydrogens (tertiary/aromatic N) is 4. The van der Waals surface area contributed by atoms with Crippen LogP contribution in [0.5, 0.6) is 0 Å². The van der Waals surface area contributed by atoms with E-state index in [1.807, 2.05) is 0 Å². The van der Waals surface area contributed by atoms with Crippen LogP contribution < -0.4 is 0 Å². The van der Waals surface area contributed by atoms with Gasteiger partial charge in [0.1, 0.15) is 11.9 Å². The lowest BCUT2D eigenvalue weighted by Gasteiger charge is -2.10. The number of alkyl halides is 3. The minimum Gasteiger partial charge on any atom is -0.475 e. The predicted molar refractivity (Wildman–Crippen MR) is 62.8 cm³/mol. The molecular formula is C12H7F3N4O2. The number of benzene rings is 1. The first kappa shape index (κ1) is 14.5. The monoisotopic (exact) mass is 296 g/mol. The number of rotatable bonds is 2. The average Bonchev–Trinajstić information content (AvgIpc) is 2.79. The van der Waals surface area contributed by atoms with Crippen LogP contribution in [0.1, 0.15) is 27.6 Å². The van der Waals surface area contributed by atoms with Gasteiger partial charge in [0.15, 0.2) is 0 Å². The molecule has 0 fully saturated rings. The van der Waals surface area contributed by atoms with Gasteiger partial charge in [-0.1, -0.05) is 0 Å². The van der Waals surface area contributed by atoms with E-state index in [-0.39, 0.29) is 17.1 Å². The Morgan fingerprint density at radius 3 is 2.57 bits per heavy atom. The first-order valence-electron chi connectivity index (χ1n) is 5.52. The summed E-state index contributed by atoms with van der Waals surface area (Å²) in [4.78, 5) is 14.4. The van der Waals surface area contributed by atoms with Gasteiger partial charge in [0.2, 0.25) is 0 Å². The molecule has 1 N–H and O–H groups in total. The molecule has 2 rings (SSSR count). The maximum Gasteiger partial charge on any atom is 0.416 e. The van der Waals surface area contributed by atoms with Crippen molar-refractivity contribution in [1.29, 1.82) is 5.26 Å². The summed E-state index contributed by atoms with van der Waals surface area (Å²) in [6, 6.07) is 4.15. The van der Waals surface area contributed by atoms with Crippen LogP contribution in [-0.4, -0.2) is 25.8 Å². The molecule has 2 aromatic rings. The van der Waals surface area contributed by atoms with Gasteiger partial charge in [-0.05, 0) is 25.1 Å². The first-order valence-corrected chi connectivity index (χ1v) is 5.52. The van der Waals surface area contributed by atoms with E-state index in [1.54, 1.807) is 6.07 Å².